The average Bonchev–Trinajstić information content (AvgIpc) is 2.66. The van der Waals surface area contributed by atoms with E-state index in [4.69, 9.17) is 4.74 Å². The van der Waals surface area contributed by atoms with Gasteiger partial charge in [-0.2, -0.15) is 0 Å². The molecule has 0 saturated heterocycles. The number of benzene rings is 2. The molecule has 0 aromatic heterocycles. The van der Waals surface area contributed by atoms with E-state index in [-0.39, 0.29) is 23.2 Å². The molecule has 1 amide bonds. The molecule has 2 aromatic carbocycles. The van der Waals surface area contributed by atoms with Crippen LogP contribution in [-0.2, 0) is 10.0 Å². The van der Waals surface area contributed by atoms with E-state index >= 15 is 0 Å². The molecule has 27 heavy (non-hydrogen) atoms. The predicted molar refractivity (Wildman–Crippen MR) is 108 cm³/mol. The lowest BCUT2D eigenvalue weighted by Gasteiger charge is -2.20. The molecule has 0 aliphatic heterocycles. The smallest absolute Gasteiger partial charge is 0.254 e. The molecule has 6 nitrogen and oxygen atoms in total. The minimum Gasteiger partial charge on any atom is -0.497 e. The van der Waals surface area contributed by atoms with Gasteiger partial charge in [0.15, 0.2) is 0 Å². The van der Waals surface area contributed by atoms with Crippen molar-refractivity contribution in [3.8, 4) is 5.75 Å². The van der Waals surface area contributed by atoms with Gasteiger partial charge in [0.1, 0.15) is 5.75 Å². The molecule has 0 aliphatic carbocycles. The van der Waals surface area contributed by atoms with Crippen LogP contribution in [0.15, 0.2) is 48.5 Å². The molecular weight excluding hydrogens is 364 g/mol. The number of hydrogen-bond donors (Lipinski definition) is 2. The van der Waals surface area contributed by atoms with Crippen LogP contribution in [0, 0.1) is 0 Å². The zero-order valence-corrected chi connectivity index (χ0v) is 16.8. The summed E-state index contributed by atoms with van der Waals surface area (Å²) >= 11 is 0. The van der Waals surface area contributed by atoms with Gasteiger partial charge in [-0.05, 0) is 44.0 Å². The molecule has 0 aliphatic rings. The van der Waals surface area contributed by atoms with Crippen LogP contribution in [-0.4, -0.2) is 26.7 Å². The van der Waals surface area contributed by atoms with E-state index in [2.05, 4.69) is 10.0 Å². The lowest BCUT2D eigenvalue weighted by molar-refractivity contribution is 0.0936. The summed E-state index contributed by atoms with van der Waals surface area (Å²) in [6, 6.07) is 14.1. The first-order valence-corrected chi connectivity index (χ1v) is 10.4. The van der Waals surface area contributed by atoms with Crippen molar-refractivity contribution in [3.63, 3.8) is 0 Å². The first-order valence-electron chi connectivity index (χ1n) is 8.84. The number of nitrogens with one attached hydrogen (secondary N) is 2. The monoisotopic (exact) mass is 390 g/mol. The van der Waals surface area contributed by atoms with E-state index in [0.717, 1.165) is 5.56 Å². The number of carbonyl (C=O) groups excluding carboxylic acids is 1. The van der Waals surface area contributed by atoms with Gasteiger partial charge in [-0.15, -0.1) is 0 Å². The molecule has 2 rings (SSSR count). The molecular formula is C20H26N2O4S. The Morgan fingerprint density at radius 1 is 1.11 bits per heavy atom. The van der Waals surface area contributed by atoms with Crippen molar-refractivity contribution in [1.29, 1.82) is 0 Å². The summed E-state index contributed by atoms with van der Waals surface area (Å²) in [7, 11) is -2.09. The maximum absolute atomic E-state index is 12.9. The fraction of sp³-hybridized carbons (Fsp3) is 0.350. The van der Waals surface area contributed by atoms with Crippen LogP contribution in [0.1, 0.15) is 49.2 Å². The zero-order chi connectivity index (χ0) is 20.0. The number of sulfonamides is 1. The molecule has 0 saturated carbocycles. The Bertz CT molecular complexity index is 880. The highest BCUT2D eigenvalue weighted by Gasteiger charge is 2.22. The van der Waals surface area contributed by atoms with Gasteiger partial charge in [-0.3, -0.25) is 9.52 Å². The van der Waals surface area contributed by atoms with Gasteiger partial charge >= 0.3 is 0 Å². The molecule has 2 N–H and O–H groups in total. The second-order valence-electron chi connectivity index (χ2n) is 6.45. The first-order chi connectivity index (χ1) is 12.8. The number of anilines is 1. The number of amides is 1. The first kappa shape index (κ1) is 20.8. The molecule has 1 atom stereocenters. The van der Waals surface area contributed by atoms with Gasteiger partial charge in [-0.1, -0.05) is 37.3 Å². The summed E-state index contributed by atoms with van der Waals surface area (Å²) in [6.45, 7) is 5.13. The van der Waals surface area contributed by atoms with E-state index in [0.29, 0.717) is 12.2 Å². The summed E-state index contributed by atoms with van der Waals surface area (Å²) in [6.07, 6.45) is 0.701. The standard InChI is InChI=1S/C20H26N2O4S/c1-5-18(15-9-7-6-8-10-15)21-20(23)17-13-16(26-4)11-12-19(17)22-27(24,25)14(2)3/h6-14,18,22H,5H2,1-4H3,(H,21,23)/t18-/m0/s1. The predicted octanol–water partition coefficient (Wildman–Crippen LogP) is 3.73. The summed E-state index contributed by atoms with van der Waals surface area (Å²) < 4.78 is 32.2. The van der Waals surface area contributed by atoms with Gasteiger partial charge in [0.05, 0.1) is 29.7 Å². The highest BCUT2D eigenvalue weighted by Crippen LogP contribution is 2.25. The van der Waals surface area contributed by atoms with E-state index in [1.54, 1.807) is 19.9 Å². The van der Waals surface area contributed by atoms with E-state index in [1.165, 1.54) is 19.2 Å². The van der Waals surface area contributed by atoms with Crippen LogP contribution in [0.3, 0.4) is 0 Å². The van der Waals surface area contributed by atoms with E-state index in [9.17, 15) is 13.2 Å². The van der Waals surface area contributed by atoms with Crippen molar-refractivity contribution in [3.05, 3.63) is 59.7 Å². The second-order valence-corrected chi connectivity index (χ2v) is 8.69. The molecule has 0 bridgehead atoms. The van der Waals surface area contributed by atoms with Crippen molar-refractivity contribution in [2.45, 2.75) is 38.5 Å². The van der Waals surface area contributed by atoms with Crippen molar-refractivity contribution < 1.29 is 17.9 Å². The van der Waals surface area contributed by atoms with Gasteiger partial charge in [0, 0.05) is 0 Å². The third kappa shape index (κ3) is 5.23. The quantitative estimate of drug-likeness (QED) is 0.719. The Hall–Kier alpha value is -2.54. The molecule has 0 heterocycles. The van der Waals surface area contributed by atoms with Crippen molar-refractivity contribution >= 4 is 21.6 Å². The average molecular weight is 391 g/mol. The minimum absolute atomic E-state index is 0.181. The topological polar surface area (TPSA) is 84.5 Å². The Balaban J connectivity index is 2.35. The zero-order valence-electron chi connectivity index (χ0n) is 16.0. The lowest BCUT2D eigenvalue weighted by Crippen LogP contribution is -2.30. The van der Waals surface area contributed by atoms with Gasteiger partial charge < -0.3 is 10.1 Å². The lowest BCUT2D eigenvalue weighted by atomic mass is 10.0. The maximum Gasteiger partial charge on any atom is 0.254 e. The number of ether oxygens (including phenoxy) is 1. The fourth-order valence-corrected chi connectivity index (χ4v) is 3.26. The number of rotatable bonds is 8. The molecule has 0 fully saturated rings. The summed E-state index contributed by atoms with van der Waals surface area (Å²) in [5, 5.41) is 2.35. The number of methoxy groups -OCH3 is 1. The van der Waals surface area contributed by atoms with Crippen LogP contribution in [0.25, 0.3) is 0 Å². The van der Waals surface area contributed by atoms with Gasteiger partial charge in [0.25, 0.3) is 5.91 Å². The van der Waals surface area contributed by atoms with Crippen LogP contribution in [0.5, 0.6) is 5.75 Å². The molecule has 0 unspecified atom stereocenters. The Kier molecular flexibility index (Phi) is 6.85. The highest BCUT2D eigenvalue weighted by molar-refractivity contribution is 7.93. The van der Waals surface area contributed by atoms with Crippen LogP contribution in [0.2, 0.25) is 0 Å². The Labute approximate surface area is 161 Å². The van der Waals surface area contributed by atoms with Gasteiger partial charge in [0.2, 0.25) is 10.0 Å². The Morgan fingerprint density at radius 2 is 1.78 bits per heavy atom. The molecule has 7 heteroatoms. The molecule has 2 aromatic rings. The maximum atomic E-state index is 12.9. The third-order valence-corrected chi connectivity index (χ3v) is 6.01. The second kappa shape index (κ2) is 8.90. The summed E-state index contributed by atoms with van der Waals surface area (Å²) in [5.41, 5.74) is 1.43. The molecule has 0 radical (unpaired) electrons. The third-order valence-electron chi connectivity index (χ3n) is 4.26. The summed E-state index contributed by atoms with van der Waals surface area (Å²) in [4.78, 5) is 12.9. The van der Waals surface area contributed by atoms with Gasteiger partial charge in [-0.25, -0.2) is 8.42 Å². The summed E-state index contributed by atoms with van der Waals surface area (Å²) in [5.74, 6) is 0.103. The van der Waals surface area contributed by atoms with E-state index < -0.39 is 15.3 Å². The number of carbonyl (C=O) groups is 1. The van der Waals surface area contributed by atoms with E-state index in [1.807, 2.05) is 37.3 Å². The van der Waals surface area contributed by atoms with Crippen molar-refractivity contribution in [1.82, 2.24) is 5.32 Å². The normalized spacial score (nSPS) is 12.5. The van der Waals surface area contributed by atoms with Crippen LogP contribution in [0.4, 0.5) is 5.69 Å². The fourth-order valence-electron chi connectivity index (χ4n) is 2.54. The van der Waals surface area contributed by atoms with Crippen molar-refractivity contribution in [2.24, 2.45) is 0 Å². The minimum atomic E-state index is -3.58. The number of hydrogen-bond acceptors (Lipinski definition) is 4. The van der Waals surface area contributed by atoms with Crippen LogP contribution >= 0.6 is 0 Å². The SMILES string of the molecule is CC[C@H](NC(=O)c1cc(OC)ccc1NS(=O)(=O)C(C)C)c1ccccc1. The molecule has 0 spiro atoms. The molecule has 146 valence electrons. The highest BCUT2D eigenvalue weighted by atomic mass is 32.2. The largest absolute Gasteiger partial charge is 0.497 e. The van der Waals surface area contributed by atoms with Crippen molar-refractivity contribution in [2.75, 3.05) is 11.8 Å². The Morgan fingerprint density at radius 3 is 2.33 bits per heavy atom. The van der Waals surface area contributed by atoms with Crippen LogP contribution < -0.4 is 14.8 Å².